The third-order valence-corrected chi connectivity index (χ3v) is 3.15. The fourth-order valence-corrected chi connectivity index (χ4v) is 2.06. The Balaban J connectivity index is 2.45. The molecule has 2 aromatic rings. The predicted octanol–water partition coefficient (Wildman–Crippen LogP) is 3.47. The van der Waals surface area contributed by atoms with Crippen molar-refractivity contribution in [3.63, 3.8) is 0 Å². The van der Waals surface area contributed by atoms with Crippen LogP contribution in [0.1, 0.15) is 25.3 Å². The van der Waals surface area contributed by atoms with Crippen LogP contribution in [0.2, 0.25) is 0 Å². The van der Waals surface area contributed by atoms with Crippen molar-refractivity contribution >= 4 is 17.2 Å². The van der Waals surface area contributed by atoms with E-state index in [0.717, 1.165) is 25.1 Å². The smallest absolute Gasteiger partial charge is 0.157 e. The van der Waals surface area contributed by atoms with Crippen LogP contribution in [0.3, 0.4) is 0 Å². The molecule has 2 rings (SSSR count). The number of nitrogens with zero attached hydrogens (tertiary/aromatic N) is 3. The fraction of sp³-hybridized carbons (Fsp3) is 0.250. The molecular formula is C16H18N4. The summed E-state index contributed by atoms with van der Waals surface area (Å²) in [5.41, 5.74) is 8.02. The molecule has 2 N–H and O–H groups in total. The van der Waals surface area contributed by atoms with E-state index >= 15 is 0 Å². The Hall–Kier alpha value is -2.54. The number of anilines is 3. The molecule has 1 aromatic carbocycles. The van der Waals surface area contributed by atoms with Gasteiger partial charge in [-0.3, -0.25) is 0 Å². The van der Waals surface area contributed by atoms with Crippen molar-refractivity contribution in [1.82, 2.24) is 4.98 Å². The molecule has 4 nitrogen and oxygen atoms in total. The monoisotopic (exact) mass is 266 g/mol. The summed E-state index contributed by atoms with van der Waals surface area (Å²) < 4.78 is 0. The zero-order chi connectivity index (χ0) is 14.4. The van der Waals surface area contributed by atoms with E-state index in [-0.39, 0.29) is 0 Å². The highest BCUT2D eigenvalue weighted by Gasteiger charge is 2.15. The number of rotatable bonds is 5. The van der Waals surface area contributed by atoms with Crippen molar-refractivity contribution in [2.45, 2.75) is 19.8 Å². The molecular weight excluding hydrogens is 248 g/mol. The van der Waals surface area contributed by atoms with E-state index < -0.39 is 0 Å². The molecule has 0 aliphatic heterocycles. The minimum Gasteiger partial charge on any atom is -0.395 e. The Morgan fingerprint density at radius 1 is 1.25 bits per heavy atom. The number of pyridine rings is 1. The summed E-state index contributed by atoms with van der Waals surface area (Å²) >= 11 is 0. The molecule has 0 unspecified atom stereocenters. The maximum Gasteiger partial charge on any atom is 0.157 e. The lowest BCUT2D eigenvalue weighted by Crippen LogP contribution is -2.21. The number of benzene rings is 1. The van der Waals surface area contributed by atoms with Gasteiger partial charge in [-0.15, -0.1) is 0 Å². The van der Waals surface area contributed by atoms with Gasteiger partial charge in [-0.25, -0.2) is 4.98 Å². The van der Waals surface area contributed by atoms with Crippen LogP contribution < -0.4 is 10.6 Å². The van der Waals surface area contributed by atoms with Crippen molar-refractivity contribution in [2.24, 2.45) is 0 Å². The van der Waals surface area contributed by atoms with Crippen LogP contribution in [0, 0.1) is 11.3 Å². The number of nitriles is 1. The van der Waals surface area contributed by atoms with Crippen LogP contribution in [-0.4, -0.2) is 11.5 Å². The Morgan fingerprint density at radius 2 is 2.00 bits per heavy atom. The van der Waals surface area contributed by atoms with E-state index in [1.54, 1.807) is 12.3 Å². The average molecular weight is 266 g/mol. The van der Waals surface area contributed by atoms with Crippen LogP contribution >= 0.6 is 0 Å². The van der Waals surface area contributed by atoms with Crippen LogP contribution in [-0.2, 0) is 0 Å². The van der Waals surface area contributed by atoms with Crippen molar-refractivity contribution < 1.29 is 0 Å². The predicted molar refractivity (Wildman–Crippen MR) is 81.7 cm³/mol. The molecule has 0 saturated carbocycles. The minimum atomic E-state index is 0.440. The van der Waals surface area contributed by atoms with E-state index in [2.05, 4.69) is 22.9 Å². The van der Waals surface area contributed by atoms with E-state index in [0.29, 0.717) is 17.1 Å². The van der Waals surface area contributed by atoms with E-state index in [1.165, 1.54) is 0 Å². The van der Waals surface area contributed by atoms with Crippen molar-refractivity contribution in [3.8, 4) is 6.07 Å². The minimum absolute atomic E-state index is 0.440. The molecule has 20 heavy (non-hydrogen) atoms. The number of nitrogen functional groups attached to an aromatic ring is 1. The lowest BCUT2D eigenvalue weighted by molar-refractivity contribution is 0.780. The molecule has 4 heteroatoms. The molecule has 1 aromatic heterocycles. The first-order valence-electron chi connectivity index (χ1n) is 6.75. The number of aromatic nitrogens is 1. The molecule has 0 bridgehead atoms. The summed E-state index contributed by atoms with van der Waals surface area (Å²) in [7, 11) is 0. The van der Waals surface area contributed by atoms with Gasteiger partial charge in [-0.2, -0.15) is 5.26 Å². The summed E-state index contributed by atoms with van der Waals surface area (Å²) in [6.45, 7) is 2.97. The van der Waals surface area contributed by atoms with Crippen LogP contribution in [0.15, 0.2) is 42.6 Å². The number of para-hydroxylation sites is 1. The molecule has 0 amide bonds. The molecule has 0 atom stereocenters. The van der Waals surface area contributed by atoms with Gasteiger partial charge in [0.15, 0.2) is 5.82 Å². The topological polar surface area (TPSA) is 65.9 Å². The summed E-state index contributed by atoms with van der Waals surface area (Å²) in [5.74, 6) is 0.656. The van der Waals surface area contributed by atoms with Crippen LogP contribution in [0.5, 0.6) is 0 Å². The lowest BCUT2D eigenvalue weighted by atomic mass is 10.2. The maximum atomic E-state index is 9.09. The van der Waals surface area contributed by atoms with E-state index in [4.69, 9.17) is 11.0 Å². The van der Waals surface area contributed by atoms with Gasteiger partial charge in [0.25, 0.3) is 0 Å². The Kier molecular flexibility index (Phi) is 4.56. The molecule has 0 aliphatic carbocycles. The van der Waals surface area contributed by atoms with Crippen LogP contribution in [0.25, 0.3) is 0 Å². The molecule has 0 aliphatic rings. The average Bonchev–Trinajstić information content (AvgIpc) is 2.50. The first-order chi connectivity index (χ1) is 9.77. The highest BCUT2D eigenvalue weighted by Crippen LogP contribution is 2.30. The first kappa shape index (κ1) is 13.9. The highest BCUT2D eigenvalue weighted by atomic mass is 15.2. The highest BCUT2D eigenvalue weighted by molar-refractivity contribution is 5.75. The largest absolute Gasteiger partial charge is 0.395 e. The zero-order valence-corrected chi connectivity index (χ0v) is 11.6. The number of unbranched alkanes of at least 4 members (excludes halogenated alkanes) is 1. The van der Waals surface area contributed by atoms with Gasteiger partial charge in [0.1, 0.15) is 6.07 Å². The van der Waals surface area contributed by atoms with Gasteiger partial charge in [-0.05, 0) is 24.6 Å². The Bertz CT molecular complexity index is 602. The third kappa shape index (κ3) is 2.89. The lowest BCUT2D eigenvalue weighted by Gasteiger charge is -2.25. The quantitative estimate of drug-likeness (QED) is 0.899. The van der Waals surface area contributed by atoms with Crippen molar-refractivity contribution in [3.05, 3.63) is 48.2 Å². The molecule has 0 saturated heterocycles. The second-order valence-electron chi connectivity index (χ2n) is 4.55. The van der Waals surface area contributed by atoms with Gasteiger partial charge in [0.2, 0.25) is 0 Å². The molecule has 1 heterocycles. The van der Waals surface area contributed by atoms with Gasteiger partial charge in [0, 0.05) is 18.4 Å². The second-order valence-corrected chi connectivity index (χ2v) is 4.55. The maximum absolute atomic E-state index is 9.09. The van der Waals surface area contributed by atoms with Gasteiger partial charge in [0.05, 0.1) is 11.3 Å². The van der Waals surface area contributed by atoms with Crippen molar-refractivity contribution in [2.75, 3.05) is 17.2 Å². The Morgan fingerprint density at radius 3 is 2.65 bits per heavy atom. The summed E-state index contributed by atoms with van der Waals surface area (Å²) in [5, 5.41) is 9.09. The van der Waals surface area contributed by atoms with Gasteiger partial charge in [-0.1, -0.05) is 31.5 Å². The summed E-state index contributed by atoms with van der Waals surface area (Å²) in [4.78, 5) is 6.44. The van der Waals surface area contributed by atoms with Crippen LogP contribution in [0.4, 0.5) is 17.2 Å². The third-order valence-electron chi connectivity index (χ3n) is 3.15. The molecule has 0 fully saturated rings. The molecule has 102 valence electrons. The number of hydrogen-bond donors (Lipinski definition) is 1. The van der Waals surface area contributed by atoms with E-state index in [1.807, 2.05) is 30.3 Å². The Labute approximate surface area is 119 Å². The van der Waals surface area contributed by atoms with E-state index in [9.17, 15) is 0 Å². The number of nitrogens with two attached hydrogens (primary N) is 1. The first-order valence-corrected chi connectivity index (χ1v) is 6.75. The number of hydrogen-bond acceptors (Lipinski definition) is 4. The summed E-state index contributed by atoms with van der Waals surface area (Å²) in [6.07, 6.45) is 3.75. The molecule has 0 spiro atoms. The zero-order valence-electron chi connectivity index (χ0n) is 11.6. The SMILES string of the molecule is CCCCN(c1ccccc1)c1nccc(C#N)c1N. The van der Waals surface area contributed by atoms with Gasteiger partial charge < -0.3 is 10.6 Å². The summed E-state index contributed by atoms with van der Waals surface area (Å²) in [6, 6.07) is 13.7. The molecule has 0 radical (unpaired) electrons. The standard InChI is InChI=1S/C16H18N4/c1-2-3-11-20(14-7-5-4-6-8-14)16-15(18)13(12-17)9-10-19-16/h4-10H,2-3,11,18H2,1H3. The fourth-order valence-electron chi connectivity index (χ4n) is 2.06. The second kappa shape index (κ2) is 6.58. The normalized spacial score (nSPS) is 10.0. The van der Waals surface area contributed by atoms with Gasteiger partial charge >= 0.3 is 0 Å². The van der Waals surface area contributed by atoms with Crippen molar-refractivity contribution in [1.29, 1.82) is 5.26 Å².